The van der Waals surface area contributed by atoms with Gasteiger partial charge in [-0.25, -0.2) is 4.79 Å². The zero-order valence-electron chi connectivity index (χ0n) is 9.81. The molecule has 0 bridgehead atoms. The van der Waals surface area contributed by atoms with E-state index >= 15 is 0 Å². The lowest BCUT2D eigenvalue weighted by Gasteiger charge is -2.05. The number of carboxylic acid groups (broad SMARTS) is 1. The van der Waals surface area contributed by atoms with Gasteiger partial charge in [-0.05, 0) is 36.6 Å². The number of nitrogens with zero attached hydrogens (tertiary/aromatic N) is 1. The number of carboxylic acids is 1. The van der Waals surface area contributed by atoms with Crippen LogP contribution in [0.25, 0.3) is 10.9 Å². The molecule has 0 spiro atoms. The number of aromatic nitrogens is 1. The average Bonchev–Trinajstić information content (AvgIpc) is 2.35. The number of unbranched alkanes of at least 4 members (excludes halogenated alkanes) is 1. The van der Waals surface area contributed by atoms with Crippen LogP contribution in [0.3, 0.4) is 0 Å². The Morgan fingerprint density at radius 1 is 1.35 bits per heavy atom. The van der Waals surface area contributed by atoms with Gasteiger partial charge in [-0.3, -0.25) is 4.98 Å². The zero-order chi connectivity index (χ0) is 12.3. The molecule has 0 aliphatic carbocycles. The van der Waals surface area contributed by atoms with Crippen LogP contribution in [0.2, 0.25) is 0 Å². The number of rotatable bonds is 4. The lowest BCUT2D eigenvalue weighted by atomic mass is 10.0. The quantitative estimate of drug-likeness (QED) is 0.875. The molecule has 0 aliphatic heterocycles. The van der Waals surface area contributed by atoms with Crippen molar-refractivity contribution in [3.63, 3.8) is 0 Å². The first kappa shape index (κ1) is 11.6. The van der Waals surface area contributed by atoms with E-state index in [-0.39, 0.29) is 0 Å². The molecular weight excluding hydrogens is 214 g/mol. The summed E-state index contributed by atoms with van der Waals surface area (Å²) in [4.78, 5) is 15.3. The largest absolute Gasteiger partial charge is 0.478 e. The molecule has 1 heterocycles. The fourth-order valence-corrected chi connectivity index (χ4v) is 1.92. The predicted molar refractivity (Wildman–Crippen MR) is 67.3 cm³/mol. The van der Waals surface area contributed by atoms with Crippen molar-refractivity contribution in [2.75, 3.05) is 0 Å². The topological polar surface area (TPSA) is 50.2 Å². The van der Waals surface area contributed by atoms with Crippen LogP contribution in [-0.2, 0) is 6.42 Å². The molecule has 0 aliphatic rings. The van der Waals surface area contributed by atoms with Crippen LogP contribution in [0.1, 0.15) is 35.7 Å². The van der Waals surface area contributed by atoms with E-state index in [0.29, 0.717) is 5.56 Å². The molecule has 17 heavy (non-hydrogen) atoms. The Hall–Kier alpha value is -1.90. The van der Waals surface area contributed by atoms with Crippen molar-refractivity contribution in [2.45, 2.75) is 26.2 Å². The van der Waals surface area contributed by atoms with Gasteiger partial charge in [0, 0.05) is 11.6 Å². The minimum absolute atomic E-state index is 0.327. The number of benzene rings is 1. The lowest BCUT2D eigenvalue weighted by molar-refractivity contribution is 0.0699. The van der Waals surface area contributed by atoms with E-state index in [0.717, 1.165) is 30.2 Å². The van der Waals surface area contributed by atoms with Crippen LogP contribution >= 0.6 is 0 Å². The second-order valence-corrected chi connectivity index (χ2v) is 4.12. The Morgan fingerprint density at radius 3 is 2.88 bits per heavy atom. The Bertz CT molecular complexity index is 549. The highest BCUT2D eigenvalue weighted by atomic mass is 16.4. The number of hydrogen-bond acceptors (Lipinski definition) is 2. The first-order valence-electron chi connectivity index (χ1n) is 5.83. The molecule has 88 valence electrons. The number of carbonyl (C=O) groups is 1. The fourth-order valence-electron chi connectivity index (χ4n) is 1.92. The third-order valence-electron chi connectivity index (χ3n) is 2.86. The van der Waals surface area contributed by atoms with Gasteiger partial charge in [0.05, 0.1) is 11.1 Å². The van der Waals surface area contributed by atoms with Crippen molar-refractivity contribution in [1.29, 1.82) is 0 Å². The standard InChI is InChI=1S/C14H15NO2/c1-2-3-4-10-5-6-13-12(9-10)11(14(16)17)7-8-15-13/h5-9H,2-4H2,1H3,(H,16,17). The van der Waals surface area contributed by atoms with E-state index in [1.165, 1.54) is 11.8 Å². The maximum atomic E-state index is 11.1. The van der Waals surface area contributed by atoms with Crippen molar-refractivity contribution >= 4 is 16.9 Å². The predicted octanol–water partition coefficient (Wildman–Crippen LogP) is 3.28. The zero-order valence-corrected chi connectivity index (χ0v) is 9.81. The number of hydrogen-bond donors (Lipinski definition) is 1. The van der Waals surface area contributed by atoms with Crippen molar-refractivity contribution in [3.8, 4) is 0 Å². The second kappa shape index (κ2) is 4.95. The molecule has 3 heteroatoms. The van der Waals surface area contributed by atoms with Crippen LogP contribution in [0.15, 0.2) is 30.5 Å². The maximum Gasteiger partial charge on any atom is 0.336 e. The molecule has 0 unspecified atom stereocenters. The van der Waals surface area contributed by atoms with Gasteiger partial charge in [-0.1, -0.05) is 19.4 Å². The summed E-state index contributed by atoms with van der Waals surface area (Å²) < 4.78 is 0. The normalized spacial score (nSPS) is 10.6. The minimum atomic E-state index is -0.898. The summed E-state index contributed by atoms with van der Waals surface area (Å²) in [5, 5.41) is 9.85. The van der Waals surface area contributed by atoms with Gasteiger partial charge in [-0.15, -0.1) is 0 Å². The highest BCUT2D eigenvalue weighted by Gasteiger charge is 2.09. The molecule has 1 N–H and O–H groups in total. The molecule has 0 saturated carbocycles. The van der Waals surface area contributed by atoms with Gasteiger partial charge in [0.25, 0.3) is 0 Å². The molecule has 0 radical (unpaired) electrons. The van der Waals surface area contributed by atoms with E-state index in [4.69, 9.17) is 5.11 Å². The summed E-state index contributed by atoms with van der Waals surface area (Å²) in [5.74, 6) is -0.898. The number of aryl methyl sites for hydroxylation is 1. The Morgan fingerprint density at radius 2 is 2.18 bits per heavy atom. The first-order chi connectivity index (χ1) is 8.22. The second-order valence-electron chi connectivity index (χ2n) is 4.12. The molecule has 0 saturated heterocycles. The molecule has 0 fully saturated rings. The fraction of sp³-hybridized carbons (Fsp3) is 0.286. The lowest BCUT2D eigenvalue weighted by Crippen LogP contribution is -1.99. The Labute approximate surface area is 100 Å². The maximum absolute atomic E-state index is 11.1. The van der Waals surface area contributed by atoms with Gasteiger partial charge in [0.1, 0.15) is 0 Å². The molecular formula is C14H15NO2. The summed E-state index contributed by atoms with van der Waals surface area (Å²) in [6, 6.07) is 7.42. The van der Waals surface area contributed by atoms with Crippen LogP contribution in [0, 0.1) is 0 Å². The van der Waals surface area contributed by atoms with Crippen molar-refractivity contribution < 1.29 is 9.90 Å². The summed E-state index contributed by atoms with van der Waals surface area (Å²) >= 11 is 0. The van der Waals surface area contributed by atoms with E-state index in [1.807, 2.05) is 18.2 Å². The SMILES string of the molecule is CCCCc1ccc2nccc(C(=O)O)c2c1. The summed E-state index contributed by atoms with van der Waals surface area (Å²) in [7, 11) is 0. The van der Waals surface area contributed by atoms with E-state index in [2.05, 4.69) is 11.9 Å². The van der Waals surface area contributed by atoms with Crippen LogP contribution in [0.4, 0.5) is 0 Å². The highest BCUT2D eigenvalue weighted by molar-refractivity contribution is 6.02. The summed E-state index contributed by atoms with van der Waals surface area (Å²) in [6.45, 7) is 2.14. The van der Waals surface area contributed by atoms with Gasteiger partial charge in [-0.2, -0.15) is 0 Å². The third kappa shape index (κ3) is 2.44. The molecule has 0 amide bonds. The van der Waals surface area contributed by atoms with Gasteiger partial charge >= 0.3 is 5.97 Å². The van der Waals surface area contributed by atoms with Crippen molar-refractivity contribution in [2.24, 2.45) is 0 Å². The Balaban J connectivity index is 2.50. The van der Waals surface area contributed by atoms with Gasteiger partial charge < -0.3 is 5.11 Å². The van der Waals surface area contributed by atoms with E-state index < -0.39 is 5.97 Å². The van der Waals surface area contributed by atoms with Crippen LogP contribution in [0.5, 0.6) is 0 Å². The van der Waals surface area contributed by atoms with E-state index in [1.54, 1.807) is 6.07 Å². The van der Waals surface area contributed by atoms with Crippen molar-refractivity contribution in [1.82, 2.24) is 4.98 Å². The monoisotopic (exact) mass is 229 g/mol. The minimum Gasteiger partial charge on any atom is -0.478 e. The molecule has 1 aromatic carbocycles. The summed E-state index contributed by atoms with van der Waals surface area (Å²) in [5.41, 5.74) is 2.24. The van der Waals surface area contributed by atoms with E-state index in [9.17, 15) is 4.79 Å². The van der Waals surface area contributed by atoms with Crippen LogP contribution in [-0.4, -0.2) is 16.1 Å². The van der Waals surface area contributed by atoms with Crippen molar-refractivity contribution in [3.05, 3.63) is 41.6 Å². The number of fused-ring (bicyclic) bond motifs is 1. The molecule has 3 nitrogen and oxygen atoms in total. The highest BCUT2D eigenvalue weighted by Crippen LogP contribution is 2.19. The molecule has 2 aromatic rings. The molecule has 0 atom stereocenters. The third-order valence-corrected chi connectivity index (χ3v) is 2.86. The number of pyridine rings is 1. The van der Waals surface area contributed by atoms with Gasteiger partial charge in [0.2, 0.25) is 0 Å². The summed E-state index contributed by atoms with van der Waals surface area (Å²) in [6.07, 6.45) is 4.78. The molecule has 1 aromatic heterocycles. The first-order valence-corrected chi connectivity index (χ1v) is 5.83. The average molecular weight is 229 g/mol. The Kier molecular flexibility index (Phi) is 3.38. The molecule has 2 rings (SSSR count). The smallest absolute Gasteiger partial charge is 0.336 e. The van der Waals surface area contributed by atoms with Crippen LogP contribution < -0.4 is 0 Å². The number of aromatic carboxylic acids is 1. The van der Waals surface area contributed by atoms with Gasteiger partial charge in [0.15, 0.2) is 0 Å².